The number of nitrogens with zero attached hydrogens (tertiary/aromatic N) is 3. The van der Waals surface area contributed by atoms with Crippen molar-refractivity contribution in [3.05, 3.63) is 33.8 Å². The number of anilines is 2. The maximum absolute atomic E-state index is 5.46. The highest BCUT2D eigenvalue weighted by Crippen LogP contribution is 2.33. The SMILES string of the molecule is CC(c1cccs1)N(C)c1nc(NN)nc2sccc12. The number of rotatable bonds is 4. The van der Waals surface area contributed by atoms with Crippen LogP contribution in [0.25, 0.3) is 10.2 Å². The third kappa shape index (κ3) is 2.24. The van der Waals surface area contributed by atoms with E-state index in [4.69, 9.17) is 5.84 Å². The monoisotopic (exact) mass is 305 g/mol. The van der Waals surface area contributed by atoms with E-state index in [9.17, 15) is 0 Å². The van der Waals surface area contributed by atoms with E-state index in [1.165, 1.54) is 4.88 Å². The summed E-state index contributed by atoms with van der Waals surface area (Å²) in [6, 6.07) is 6.50. The summed E-state index contributed by atoms with van der Waals surface area (Å²) >= 11 is 3.34. The molecule has 5 nitrogen and oxygen atoms in total. The topological polar surface area (TPSA) is 67.1 Å². The molecule has 7 heteroatoms. The van der Waals surface area contributed by atoms with E-state index in [2.05, 4.69) is 44.7 Å². The second-order valence-corrected chi connectivity index (χ2v) is 6.33. The maximum Gasteiger partial charge on any atom is 0.240 e. The van der Waals surface area contributed by atoms with Crippen LogP contribution in [0.4, 0.5) is 11.8 Å². The normalized spacial score (nSPS) is 12.6. The van der Waals surface area contributed by atoms with E-state index in [0.717, 1.165) is 16.0 Å². The molecule has 0 amide bonds. The molecule has 3 heterocycles. The molecular weight excluding hydrogens is 290 g/mol. The van der Waals surface area contributed by atoms with Gasteiger partial charge in [0, 0.05) is 11.9 Å². The maximum atomic E-state index is 5.46. The Labute approximate surface area is 125 Å². The molecule has 0 saturated carbocycles. The summed E-state index contributed by atoms with van der Waals surface area (Å²) in [6.07, 6.45) is 0. The molecule has 0 aliphatic heterocycles. The Morgan fingerprint density at radius 3 is 2.80 bits per heavy atom. The number of thiophene rings is 2. The molecule has 104 valence electrons. The van der Waals surface area contributed by atoms with Crippen LogP contribution >= 0.6 is 22.7 Å². The van der Waals surface area contributed by atoms with Gasteiger partial charge in [0.15, 0.2) is 0 Å². The number of hydrogen-bond acceptors (Lipinski definition) is 7. The van der Waals surface area contributed by atoms with E-state index in [0.29, 0.717) is 5.95 Å². The van der Waals surface area contributed by atoms with Crippen LogP contribution in [0.15, 0.2) is 29.0 Å². The lowest BCUT2D eigenvalue weighted by molar-refractivity contribution is 0.745. The molecule has 0 radical (unpaired) electrons. The molecule has 1 unspecified atom stereocenters. The first-order valence-corrected chi connectivity index (χ1v) is 7.94. The fourth-order valence-electron chi connectivity index (χ4n) is 2.08. The number of nitrogen functional groups attached to an aromatic ring is 1. The standard InChI is InChI=1S/C13H15N5S2/c1-8(10-4-3-6-19-10)18(2)11-9-5-7-20-12(9)16-13(15-11)17-14/h3-8H,14H2,1-2H3,(H,15,16,17). The molecule has 0 spiro atoms. The van der Waals surface area contributed by atoms with Gasteiger partial charge in [-0.05, 0) is 29.8 Å². The molecule has 0 bridgehead atoms. The number of nitrogens with one attached hydrogen (secondary N) is 1. The van der Waals surface area contributed by atoms with Crippen molar-refractivity contribution in [3.8, 4) is 0 Å². The zero-order valence-corrected chi connectivity index (χ0v) is 12.8. The minimum atomic E-state index is 0.249. The summed E-state index contributed by atoms with van der Waals surface area (Å²) in [4.78, 5) is 13.3. The molecule has 1 atom stereocenters. The Morgan fingerprint density at radius 2 is 2.10 bits per heavy atom. The van der Waals surface area contributed by atoms with Gasteiger partial charge >= 0.3 is 0 Å². The van der Waals surface area contributed by atoms with E-state index in [-0.39, 0.29) is 6.04 Å². The predicted octanol–water partition coefficient (Wildman–Crippen LogP) is 3.24. The second-order valence-electron chi connectivity index (χ2n) is 4.46. The highest BCUT2D eigenvalue weighted by atomic mass is 32.1. The van der Waals surface area contributed by atoms with Gasteiger partial charge in [-0.25, -0.2) is 10.8 Å². The van der Waals surface area contributed by atoms with Crippen molar-refractivity contribution in [2.75, 3.05) is 17.4 Å². The zero-order chi connectivity index (χ0) is 14.1. The van der Waals surface area contributed by atoms with Crippen molar-refractivity contribution >= 4 is 44.7 Å². The Bertz CT molecular complexity index is 707. The lowest BCUT2D eigenvalue weighted by Crippen LogP contribution is -2.23. The van der Waals surface area contributed by atoms with Crippen LogP contribution in [0.5, 0.6) is 0 Å². The van der Waals surface area contributed by atoms with Crippen LogP contribution in [0.2, 0.25) is 0 Å². The van der Waals surface area contributed by atoms with Crippen LogP contribution in [0, 0.1) is 0 Å². The molecule has 3 rings (SSSR count). The van der Waals surface area contributed by atoms with Gasteiger partial charge in [0.05, 0.1) is 11.4 Å². The third-order valence-corrected chi connectivity index (χ3v) is 5.15. The molecule has 0 fully saturated rings. The molecule has 3 N–H and O–H groups in total. The largest absolute Gasteiger partial charge is 0.351 e. The van der Waals surface area contributed by atoms with Gasteiger partial charge in [0.1, 0.15) is 10.6 Å². The summed E-state index contributed by atoms with van der Waals surface area (Å²) < 4.78 is 0. The van der Waals surface area contributed by atoms with E-state index >= 15 is 0 Å². The van der Waals surface area contributed by atoms with Crippen molar-refractivity contribution in [2.24, 2.45) is 5.84 Å². The first-order valence-electron chi connectivity index (χ1n) is 6.19. The van der Waals surface area contributed by atoms with E-state index in [1.807, 2.05) is 18.5 Å². The van der Waals surface area contributed by atoms with Crippen molar-refractivity contribution in [1.29, 1.82) is 0 Å². The van der Waals surface area contributed by atoms with Gasteiger partial charge in [0.25, 0.3) is 0 Å². The number of aromatic nitrogens is 2. The first-order chi connectivity index (χ1) is 9.70. The average Bonchev–Trinajstić information content (AvgIpc) is 3.15. The average molecular weight is 305 g/mol. The smallest absolute Gasteiger partial charge is 0.240 e. The minimum Gasteiger partial charge on any atom is -0.351 e. The van der Waals surface area contributed by atoms with Crippen molar-refractivity contribution in [1.82, 2.24) is 9.97 Å². The molecule has 0 aromatic carbocycles. The Balaban J connectivity index is 2.06. The van der Waals surface area contributed by atoms with Gasteiger partial charge in [-0.15, -0.1) is 22.7 Å². The van der Waals surface area contributed by atoms with Gasteiger partial charge < -0.3 is 4.90 Å². The predicted molar refractivity (Wildman–Crippen MR) is 86.4 cm³/mol. The summed E-state index contributed by atoms with van der Waals surface area (Å²) in [5.41, 5.74) is 2.54. The summed E-state index contributed by atoms with van der Waals surface area (Å²) in [7, 11) is 2.05. The molecule has 20 heavy (non-hydrogen) atoms. The Morgan fingerprint density at radius 1 is 1.25 bits per heavy atom. The lowest BCUT2D eigenvalue weighted by Gasteiger charge is -2.26. The number of nitrogens with two attached hydrogens (primary N) is 1. The molecular formula is C13H15N5S2. The van der Waals surface area contributed by atoms with Crippen LogP contribution in [-0.4, -0.2) is 17.0 Å². The second kappa shape index (κ2) is 5.35. The zero-order valence-electron chi connectivity index (χ0n) is 11.2. The molecule has 0 aliphatic rings. The quantitative estimate of drug-likeness (QED) is 0.572. The van der Waals surface area contributed by atoms with Gasteiger partial charge in [-0.1, -0.05) is 6.07 Å². The highest BCUT2D eigenvalue weighted by molar-refractivity contribution is 7.16. The Kier molecular flexibility index (Phi) is 3.56. The number of fused-ring (bicyclic) bond motifs is 1. The van der Waals surface area contributed by atoms with Crippen LogP contribution < -0.4 is 16.2 Å². The van der Waals surface area contributed by atoms with E-state index in [1.54, 1.807) is 22.7 Å². The van der Waals surface area contributed by atoms with Crippen molar-refractivity contribution in [3.63, 3.8) is 0 Å². The fourth-order valence-corrected chi connectivity index (χ4v) is 3.66. The number of hydrazine groups is 1. The summed E-state index contributed by atoms with van der Waals surface area (Å²) in [5, 5.41) is 5.17. The lowest BCUT2D eigenvalue weighted by atomic mass is 10.2. The van der Waals surface area contributed by atoms with Crippen LogP contribution in [0.3, 0.4) is 0 Å². The summed E-state index contributed by atoms with van der Waals surface area (Å²) in [5.74, 6) is 6.80. The molecule has 0 saturated heterocycles. The van der Waals surface area contributed by atoms with Crippen LogP contribution in [-0.2, 0) is 0 Å². The first kappa shape index (κ1) is 13.3. The minimum absolute atomic E-state index is 0.249. The van der Waals surface area contributed by atoms with Gasteiger partial charge in [-0.2, -0.15) is 4.98 Å². The van der Waals surface area contributed by atoms with Gasteiger partial charge in [-0.3, -0.25) is 5.43 Å². The van der Waals surface area contributed by atoms with E-state index < -0.39 is 0 Å². The molecule has 3 aromatic rings. The van der Waals surface area contributed by atoms with Crippen molar-refractivity contribution in [2.45, 2.75) is 13.0 Å². The number of hydrogen-bond donors (Lipinski definition) is 2. The highest BCUT2D eigenvalue weighted by Gasteiger charge is 2.18. The molecule has 0 aliphatic carbocycles. The van der Waals surface area contributed by atoms with Crippen LogP contribution in [0.1, 0.15) is 17.8 Å². The summed E-state index contributed by atoms with van der Waals surface area (Å²) in [6.45, 7) is 2.17. The fraction of sp³-hybridized carbons (Fsp3) is 0.231. The third-order valence-electron chi connectivity index (χ3n) is 3.30. The Hall–Kier alpha value is -1.70. The van der Waals surface area contributed by atoms with Gasteiger partial charge in [0.2, 0.25) is 5.95 Å². The van der Waals surface area contributed by atoms with Crippen molar-refractivity contribution < 1.29 is 0 Å². The molecule has 3 aromatic heterocycles.